The molecule has 0 radical (unpaired) electrons. The first kappa shape index (κ1) is 58.1. The van der Waals surface area contributed by atoms with Crippen LogP contribution in [0.1, 0.15) is 12.8 Å². The first-order chi connectivity index (χ1) is 25.3. The lowest BCUT2D eigenvalue weighted by molar-refractivity contribution is -0.439. The van der Waals surface area contributed by atoms with Crippen molar-refractivity contribution in [3.8, 4) is 0 Å². The van der Waals surface area contributed by atoms with E-state index in [9.17, 15) is 123 Å². The fourth-order valence-corrected chi connectivity index (χ4v) is 7.09. The quantitative estimate of drug-likeness (QED) is 0.0421. The maximum absolute atomic E-state index is 14.2. The van der Waals surface area contributed by atoms with Crippen molar-refractivity contribution in [1.82, 2.24) is 0 Å². The third kappa shape index (κ3) is 11.8. The zero-order valence-electron chi connectivity index (χ0n) is 27.1. The number of alkyl halides is 26. The average Bonchev–Trinajstić information content (AvgIpc) is 3.00. The third-order valence-electron chi connectivity index (χ3n) is 7.01. The van der Waals surface area contributed by atoms with Crippen LogP contribution in [0.5, 0.6) is 0 Å². The lowest BCUT2D eigenvalue weighted by Gasteiger charge is -2.40. The summed E-state index contributed by atoms with van der Waals surface area (Å²) in [6.45, 7) is -3.77. The molecular formula is C21H20F26O8P2S2. The van der Waals surface area contributed by atoms with Crippen LogP contribution in [-0.4, -0.2) is 127 Å². The number of thioether (sulfide) groups is 2. The molecule has 0 fully saturated rings. The summed E-state index contributed by atoms with van der Waals surface area (Å²) in [5.74, 6) is -85.7. The molecule has 0 aliphatic rings. The molecule has 0 rings (SSSR count). The van der Waals surface area contributed by atoms with E-state index in [2.05, 4.69) is 9.05 Å². The van der Waals surface area contributed by atoms with Crippen molar-refractivity contribution in [2.45, 2.75) is 84.4 Å². The van der Waals surface area contributed by atoms with Crippen molar-refractivity contribution >= 4 is 39.2 Å². The van der Waals surface area contributed by atoms with Gasteiger partial charge in [0.25, 0.3) is 0 Å². The van der Waals surface area contributed by atoms with Gasteiger partial charge in [0.15, 0.2) is 0 Å². The van der Waals surface area contributed by atoms with Crippen molar-refractivity contribution in [1.29, 1.82) is 0 Å². The zero-order chi connectivity index (χ0) is 48.0. The Kier molecular flexibility index (Phi) is 17.3. The summed E-state index contributed by atoms with van der Waals surface area (Å²) in [7, 11) is -11.8. The van der Waals surface area contributed by atoms with Crippen LogP contribution < -0.4 is 0 Å². The first-order valence-corrected chi connectivity index (χ1v) is 19.2. The monoisotopic (exact) mass is 1020 g/mol. The van der Waals surface area contributed by atoms with Gasteiger partial charge in [-0.2, -0.15) is 138 Å². The molecule has 0 heterocycles. The Balaban J connectivity index is 6.58. The van der Waals surface area contributed by atoms with Crippen LogP contribution in [0.15, 0.2) is 0 Å². The maximum Gasteiger partial charge on any atom is 0.469 e. The number of hydrogen-bond donors (Lipinski definition) is 4. The predicted octanol–water partition coefficient (Wildman–Crippen LogP) is 9.92. The Bertz CT molecular complexity index is 1400. The standard InChI is InChI=1S/C21H20F26O8P2S2/c22-10(23,12(26,27)14(30,31)16(34,35)18(38,39)20(42,43)44)1-3-58-7-9(5-54-56(48,49)50,6-55-57(51,52)53)8-59-4-2-11(24,25)13(28,29)15(32,33)17(36,37)19(40,41)21(45,46)47/h1-8H2,(H2,48,49,50)(H2,51,52,53). The minimum absolute atomic E-state index is 0.556. The lowest BCUT2D eigenvalue weighted by Crippen LogP contribution is -2.70. The van der Waals surface area contributed by atoms with E-state index in [1.165, 1.54) is 0 Å². The average molecular weight is 1020 g/mol. The van der Waals surface area contributed by atoms with Crippen LogP contribution in [-0.2, 0) is 18.2 Å². The third-order valence-corrected chi connectivity index (χ3v) is 10.6. The van der Waals surface area contributed by atoms with E-state index in [4.69, 9.17) is 19.6 Å². The molecule has 0 bridgehead atoms. The molecule has 0 aliphatic carbocycles. The highest BCUT2D eigenvalue weighted by Gasteiger charge is 2.92. The molecule has 0 spiro atoms. The van der Waals surface area contributed by atoms with Gasteiger partial charge < -0.3 is 19.6 Å². The molecule has 38 heteroatoms. The number of halogens is 26. The molecule has 0 aliphatic heterocycles. The van der Waals surface area contributed by atoms with Gasteiger partial charge >= 0.3 is 87.2 Å². The SMILES string of the molecule is O=P(O)(O)OCC(COP(=O)(O)O)(CSCCC(F)(F)C(F)(F)C(F)(F)C(F)(F)C(F)(F)C(F)(F)F)CSCCC(F)(F)C(F)(F)C(F)(F)C(F)(F)C(F)(F)C(F)(F)F. The highest BCUT2D eigenvalue weighted by molar-refractivity contribution is 8.00. The Morgan fingerprint density at radius 2 is 0.593 bits per heavy atom. The molecule has 0 saturated carbocycles. The second kappa shape index (κ2) is 17.6. The normalized spacial score (nSPS) is 16.2. The smallest absolute Gasteiger partial charge is 0.303 e. The summed E-state index contributed by atoms with van der Waals surface area (Å²) in [5.41, 5.74) is -2.93. The maximum atomic E-state index is 14.2. The molecule has 0 amide bonds. The van der Waals surface area contributed by atoms with Crippen molar-refractivity contribution in [2.24, 2.45) is 5.41 Å². The molecule has 0 aromatic rings. The summed E-state index contributed by atoms with van der Waals surface area (Å²) in [6.07, 6.45) is -21.5. The lowest BCUT2D eigenvalue weighted by atomic mass is 9.93. The zero-order valence-corrected chi connectivity index (χ0v) is 30.5. The van der Waals surface area contributed by atoms with E-state index in [0.29, 0.717) is 0 Å². The fraction of sp³-hybridized carbons (Fsp3) is 1.00. The Labute approximate surface area is 317 Å². The van der Waals surface area contributed by atoms with Gasteiger partial charge in [0.2, 0.25) is 0 Å². The Morgan fingerprint density at radius 3 is 0.797 bits per heavy atom. The van der Waals surface area contributed by atoms with Gasteiger partial charge in [-0.3, -0.25) is 9.05 Å². The fourth-order valence-electron chi connectivity index (χ4n) is 3.59. The minimum Gasteiger partial charge on any atom is -0.303 e. The van der Waals surface area contributed by atoms with Crippen LogP contribution >= 0.6 is 39.2 Å². The van der Waals surface area contributed by atoms with E-state index >= 15 is 0 Å². The molecule has 0 atom stereocenters. The van der Waals surface area contributed by atoms with Gasteiger partial charge in [-0.1, -0.05) is 0 Å². The number of phosphoric ester groups is 2. The van der Waals surface area contributed by atoms with Gasteiger partial charge in [-0.05, 0) is 11.5 Å². The predicted molar refractivity (Wildman–Crippen MR) is 144 cm³/mol. The summed E-state index contributed by atoms with van der Waals surface area (Å²) < 4.78 is 378. The van der Waals surface area contributed by atoms with Gasteiger partial charge in [-0.25, -0.2) is 9.13 Å². The van der Waals surface area contributed by atoms with Crippen LogP contribution in [0.2, 0.25) is 0 Å². The number of rotatable bonds is 24. The van der Waals surface area contributed by atoms with Crippen LogP contribution in [0.4, 0.5) is 114 Å². The van der Waals surface area contributed by atoms with Crippen molar-refractivity contribution in [3.05, 3.63) is 0 Å². The van der Waals surface area contributed by atoms with E-state index < -0.39 is 165 Å². The van der Waals surface area contributed by atoms with Gasteiger partial charge in [-0.15, -0.1) is 0 Å². The van der Waals surface area contributed by atoms with Gasteiger partial charge in [0.1, 0.15) is 0 Å². The highest BCUT2D eigenvalue weighted by Crippen LogP contribution is 2.62. The van der Waals surface area contributed by atoms with E-state index in [0.717, 1.165) is 0 Å². The Morgan fingerprint density at radius 1 is 0.373 bits per heavy atom. The molecule has 4 N–H and O–H groups in total. The highest BCUT2D eigenvalue weighted by atomic mass is 32.2. The molecule has 8 nitrogen and oxygen atoms in total. The summed E-state index contributed by atoms with van der Waals surface area (Å²) in [5, 5.41) is 0. The van der Waals surface area contributed by atoms with Crippen LogP contribution in [0, 0.1) is 5.41 Å². The number of hydrogen-bond acceptors (Lipinski definition) is 6. The van der Waals surface area contributed by atoms with Crippen LogP contribution in [0.3, 0.4) is 0 Å². The van der Waals surface area contributed by atoms with Crippen molar-refractivity contribution in [2.75, 3.05) is 36.2 Å². The minimum atomic E-state index is -8.32. The second-order valence-corrected chi connectivity index (χ2v) is 16.3. The topological polar surface area (TPSA) is 134 Å². The molecule has 0 aromatic carbocycles. The molecular weight excluding hydrogens is 1000 g/mol. The van der Waals surface area contributed by atoms with Crippen molar-refractivity contribution < 1.29 is 152 Å². The van der Waals surface area contributed by atoms with Gasteiger partial charge in [0, 0.05) is 29.8 Å². The molecule has 356 valence electrons. The summed E-state index contributed by atoms with van der Waals surface area (Å²) in [4.78, 5) is 35.8. The van der Waals surface area contributed by atoms with E-state index in [-0.39, 0.29) is 0 Å². The summed E-state index contributed by atoms with van der Waals surface area (Å²) >= 11 is -1.11. The molecule has 0 unspecified atom stereocenters. The molecule has 59 heavy (non-hydrogen) atoms. The van der Waals surface area contributed by atoms with Crippen LogP contribution in [0.25, 0.3) is 0 Å². The summed E-state index contributed by atoms with van der Waals surface area (Å²) in [6, 6.07) is 0. The second-order valence-electron chi connectivity index (χ2n) is 11.6. The molecule has 0 aromatic heterocycles. The largest absolute Gasteiger partial charge is 0.469 e. The van der Waals surface area contributed by atoms with E-state index in [1.54, 1.807) is 0 Å². The Hall–Kier alpha value is -0.900. The number of phosphoric acid groups is 2. The van der Waals surface area contributed by atoms with E-state index in [1.807, 2.05) is 0 Å². The van der Waals surface area contributed by atoms with Gasteiger partial charge in [0.05, 0.1) is 13.2 Å². The molecule has 0 saturated heterocycles. The van der Waals surface area contributed by atoms with Crippen molar-refractivity contribution in [3.63, 3.8) is 0 Å². The first-order valence-electron chi connectivity index (χ1n) is 13.8.